The van der Waals surface area contributed by atoms with Crippen molar-refractivity contribution in [1.29, 1.82) is 0 Å². The Morgan fingerprint density at radius 1 is 1.16 bits per heavy atom. The van der Waals surface area contributed by atoms with Crippen molar-refractivity contribution in [3.05, 3.63) is 70.8 Å². The van der Waals surface area contributed by atoms with E-state index in [9.17, 15) is 18.4 Å². The molecule has 0 saturated heterocycles. The normalized spacial score (nSPS) is 12.0. The summed E-state index contributed by atoms with van der Waals surface area (Å²) < 4.78 is 31.0. The van der Waals surface area contributed by atoms with Crippen LogP contribution >= 0.6 is 11.6 Å². The first kappa shape index (κ1) is 18.6. The average Bonchev–Trinajstić information content (AvgIpc) is 2.55. The molecule has 0 aliphatic rings. The van der Waals surface area contributed by atoms with Gasteiger partial charge < -0.3 is 10.1 Å². The van der Waals surface area contributed by atoms with Crippen LogP contribution in [0.1, 0.15) is 12.5 Å². The van der Waals surface area contributed by atoms with Gasteiger partial charge in [-0.15, -0.1) is 0 Å². The summed E-state index contributed by atoms with van der Waals surface area (Å²) in [5.41, 5.74) is 0.679. The lowest BCUT2D eigenvalue weighted by Crippen LogP contribution is -2.29. The molecule has 0 aliphatic carbocycles. The van der Waals surface area contributed by atoms with Gasteiger partial charge in [0.05, 0.1) is 10.7 Å². The highest BCUT2D eigenvalue weighted by Crippen LogP contribution is 2.22. The van der Waals surface area contributed by atoms with Gasteiger partial charge in [-0.1, -0.05) is 23.7 Å². The lowest BCUT2D eigenvalue weighted by atomic mass is 10.2. The van der Waals surface area contributed by atoms with Crippen LogP contribution < -0.4 is 5.32 Å². The fraction of sp³-hybridized carbons (Fsp3) is 0.111. The van der Waals surface area contributed by atoms with Crippen LogP contribution in [-0.4, -0.2) is 18.0 Å². The van der Waals surface area contributed by atoms with Gasteiger partial charge in [0.2, 0.25) is 0 Å². The van der Waals surface area contributed by atoms with Gasteiger partial charge in [-0.05, 0) is 48.9 Å². The quantitative estimate of drug-likeness (QED) is 0.638. The molecule has 0 unspecified atom stereocenters. The van der Waals surface area contributed by atoms with Crippen molar-refractivity contribution in [3.8, 4) is 0 Å². The molecule has 0 fully saturated rings. The fourth-order valence-electron chi connectivity index (χ4n) is 1.87. The third kappa shape index (κ3) is 5.69. The third-order valence-corrected chi connectivity index (χ3v) is 3.42. The van der Waals surface area contributed by atoms with Crippen molar-refractivity contribution in [2.24, 2.45) is 0 Å². The van der Waals surface area contributed by atoms with Gasteiger partial charge in [-0.25, -0.2) is 13.6 Å². The molecule has 0 heterocycles. The molecular formula is C18H14ClF2NO3. The van der Waals surface area contributed by atoms with E-state index in [1.807, 2.05) is 0 Å². The molecule has 130 valence electrons. The van der Waals surface area contributed by atoms with Crippen LogP contribution in [0.25, 0.3) is 6.08 Å². The summed E-state index contributed by atoms with van der Waals surface area (Å²) in [6.45, 7) is 1.38. The van der Waals surface area contributed by atoms with E-state index in [4.69, 9.17) is 16.3 Å². The topological polar surface area (TPSA) is 55.4 Å². The highest BCUT2D eigenvalue weighted by atomic mass is 35.5. The zero-order valence-electron chi connectivity index (χ0n) is 13.1. The Bertz CT molecular complexity index is 824. The number of nitrogens with one attached hydrogen (secondary N) is 1. The monoisotopic (exact) mass is 365 g/mol. The highest BCUT2D eigenvalue weighted by molar-refractivity contribution is 6.33. The van der Waals surface area contributed by atoms with E-state index in [1.54, 1.807) is 6.07 Å². The molecule has 0 radical (unpaired) electrons. The first-order valence-electron chi connectivity index (χ1n) is 7.25. The van der Waals surface area contributed by atoms with Crippen LogP contribution in [0.4, 0.5) is 14.5 Å². The van der Waals surface area contributed by atoms with Crippen LogP contribution in [0.2, 0.25) is 5.02 Å². The van der Waals surface area contributed by atoms with Gasteiger partial charge in [0.25, 0.3) is 5.91 Å². The van der Waals surface area contributed by atoms with Gasteiger partial charge in [-0.3, -0.25) is 4.79 Å². The number of carbonyl (C=O) groups excluding carboxylic acids is 2. The number of ether oxygens (including phenoxy) is 1. The van der Waals surface area contributed by atoms with Crippen molar-refractivity contribution < 1.29 is 23.1 Å². The van der Waals surface area contributed by atoms with Crippen LogP contribution in [0.5, 0.6) is 0 Å². The molecule has 1 atom stereocenters. The van der Waals surface area contributed by atoms with Crippen LogP contribution in [0.15, 0.2) is 48.5 Å². The maximum atomic E-state index is 13.0. The smallest absolute Gasteiger partial charge is 0.331 e. The standard InChI is InChI=1S/C18H14ClF2NO3/c1-11(18(24)22-16-7-6-14(21)10-15(16)19)25-17(23)8-5-12-3-2-4-13(20)9-12/h2-11H,1H3,(H,22,24)/b8-5+/t11-/m0/s1. The van der Waals surface area contributed by atoms with Crippen molar-refractivity contribution in [1.82, 2.24) is 0 Å². The zero-order valence-corrected chi connectivity index (χ0v) is 13.9. The van der Waals surface area contributed by atoms with Crippen LogP contribution in [0, 0.1) is 11.6 Å². The predicted octanol–water partition coefficient (Wildman–Crippen LogP) is 4.20. The predicted molar refractivity (Wildman–Crippen MR) is 91.0 cm³/mol. The van der Waals surface area contributed by atoms with E-state index in [2.05, 4.69) is 5.32 Å². The Labute approximate surface area is 148 Å². The number of amides is 1. The van der Waals surface area contributed by atoms with E-state index >= 15 is 0 Å². The zero-order chi connectivity index (χ0) is 18.4. The second kappa shape index (κ2) is 8.39. The maximum absolute atomic E-state index is 13.0. The Balaban J connectivity index is 1.92. The average molecular weight is 366 g/mol. The van der Waals surface area contributed by atoms with Crippen LogP contribution in [-0.2, 0) is 14.3 Å². The molecule has 1 amide bonds. The Hall–Kier alpha value is -2.73. The summed E-state index contributed by atoms with van der Waals surface area (Å²) in [5, 5.41) is 2.46. The van der Waals surface area contributed by atoms with E-state index in [-0.39, 0.29) is 10.7 Å². The number of anilines is 1. The molecule has 7 heteroatoms. The molecule has 25 heavy (non-hydrogen) atoms. The highest BCUT2D eigenvalue weighted by Gasteiger charge is 2.17. The van der Waals surface area contributed by atoms with Gasteiger partial charge in [-0.2, -0.15) is 0 Å². The van der Waals surface area contributed by atoms with Gasteiger partial charge in [0, 0.05) is 6.08 Å². The summed E-state index contributed by atoms with van der Waals surface area (Å²) in [4.78, 5) is 23.7. The molecule has 0 saturated carbocycles. The Morgan fingerprint density at radius 2 is 1.88 bits per heavy atom. The Morgan fingerprint density at radius 3 is 2.56 bits per heavy atom. The van der Waals surface area contributed by atoms with Crippen LogP contribution in [0.3, 0.4) is 0 Å². The number of halogens is 3. The van der Waals surface area contributed by atoms with Crippen molar-refractivity contribution >= 4 is 35.2 Å². The largest absolute Gasteiger partial charge is 0.449 e. The summed E-state index contributed by atoms with van der Waals surface area (Å²) in [7, 11) is 0. The molecule has 0 aromatic heterocycles. The minimum atomic E-state index is -1.11. The SMILES string of the molecule is C[C@H](OC(=O)/C=C/c1cccc(F)c1)C(=O)Nc1ccc(F)cc1Cl. The fourth-order valence-corrected chi connectivity index (χ4v) is 2.08. The number of esters is 1. The second-order valence-corrected chi connectivity index (χ2v) is 5.49. The molecule has 4 nitrogen and oxygen atoms in total. The van der Waals surface area contributed by atoms with Gasteiger partial charge in [0.1, 0.15) is 11.6 Å². The first-order valence-corrected chi connectivity index (χ1v) is 7.63. The first-order chi connectivity index (χ1) is 11.8. The third-order valence-electron chi connectivity index (χ3n) is 3.11. The van der Waals surface area contributed by atoms with Crippen molar-refractivity contribution in [2.45, 2.75) is 13.0 Å². The van der Waals surface area contributed by atoms with Crippen molar-refractivity contribution in [3.63, 3.8) is 0 Å². The molecule has 2 aromatic carbocycles. The lowest BCUT2D eigenvalue weighted by Gasteiger charge is -2.13. The number of hydrogen-bond donors (Lipinski definition) is 1. The minimum absolute atomic E-state index is 0.0258. The van der Waals surface area contributed by atoms with E-state index in [1.165, 1.54) is 37.3 Å². The lowest BCUT2D eigenvalue weighted by molar-refractivity contribution is -0.148. The summed E-state index contributed by atoms with van der Waals surface area (Å²) in [6, 6.07) is 9.13. The van der Waals surface area contributed by atoms with Crippen molar-refractivity contribution in [2.75, 3.05) is 5.32 Å². The molecule has 2 aromatic rings. The van der Waals surface area contributed by atoms with E-state index in [0.29, 0.717) is 5.56 Å². The molecule has 0 aliphatic heterocycles. The Kier molecular flexibility index (Phi) is 6.25. The molecule has 0 spiro atoms. The van der Waals surface area contributed by atoms with E-state index < -0.39 is 29.6 Å². The number of rotatable bonds is 5. The molecular weight excluding hydrogens is 352 g/mol. The van der Waals surface area contributed by atoms with Gasteiger partial charge in [0.15, 0.2) is 6.10 Å². The molecule has 1 N–H and O–H groups in total. The number of hydrogen-bond acceptors (Lipinski definition) is 3. The molecule has 0 bridgehead atoms. The number of carbonyl (C=O) groups is 2. The maximum Gasteiger partial charge on any atom is 0.331 e. The summed E-state index contributed by atoms with van der Waals surface area (Å²) in [5.74, 6) is -2.36. The minimum Gasteiger partial charge on any atom is -0.449 e. The summed E-state index contributed by atoms with van der Waals surface area (Å²) >= 11 is 5.81. The van der Waals surface area contributed by atoms with E-state index in [0.717, 1.165) is 18.2 Å². The second-order valence-electron chi connectivity index (χ2n) is 5.08. The number of benzene rings is 2. The molecule has 2 rings (SSSR count). The van der Waals surface area contributed by atoms with Gasteiger partial charge >= 0.3 is 5.97 Å². The summed E-state index contributed by atoms with van der Waals surface area (Å²) in [6.07, 6.45) is 1.35.